The van der Waals surface area contributed by atoms with Gasteiger partial charge < -0.3 is 14.9 Å². The van der Waals surface area contributed by atoms with Gasteiger partial charge in [-0.3, -0.25) is 0 Å². The lowest BCUT2D eigenvalue weighted by atomic mass is 9.94. The number of rotatable bonds is 3. The summed E-state index contributed by atoms with van der Waals surface area (Å²) in [5, 5.41) is 3.89. The number of halogens is 1. The first-order chi connectivity index (χ1) is 11.5. The fraction of sp³-hybridized carbons (Fsp3) is 0.556. The van der Waals surface area contributed by atoms with Gasteiger partial charge in [0.25, 0.3) is 0 Å². The van der Waals surface area contributed by atoms with Gasteiger partial charge in [-0.2, -0.15) is 0 Å². The molecule has 1 amide bonds. The van der Waals surface area contributed by atoms with Gasteiger partial charge in [-0.15, -0.1) is 5.06 Å². The highest BCUT2D eigenvalue weighted by Crippen LogP contribution is 2.26. The average Bonchev–Trinajstić information content (AvgIpc) is 2.44. The van der Waals surface area contributed by atoms with Gasteiger partial charge in [-0.05, 0) is 39.8 Å². The first-order valence-electron chi connectivity index (χ1n) is 8.25. The fourth-order valence-corrected chi connectivity index (χ4v) is 2.71. The van der Waals surface area contributed by atoms with Gasteiger partial charge in [-0.25, -0.2) is 14.0 Å². The number of nitrogens with zero attached hydrogens (tertiary/aromatic N) is 1. The topological polar surface area (TPSA) is 67.9 Å². The van der Waals surface area contributed by atoms with Crippen molar-refractivity contribution in [2.24, 2.45) is 0 Å². The zero-order valence-electron chi connectivity index (χ0n) is 15.0. The second kappa shape index (κ2) is 7.39. The molecular weight excluding hydrogens is 327 g/mol. The van der Waals surface area contributed by atoms with Gasteiger partial charge >= 0.3 is 12.1 Å². The molecule has 1 fully saturated rings. The molecule has 1 heterocycles. The zero-order chi connectivity index (χ0) is 18.7. The summed E-state index contributed by atoms with van der Waals surface area (Å²) < 4.78 is 19.8. The molecule has 0 aromatic heterocycles. The average molecular weight is 352 g/mol. The largest absolute Gasteiger partial charge is 0.444 e. The standard InChI is InChI=1S/C18H25FN2O4/c1-17(2,3)24-16(23)20-14-10-18(4,19)12-21(11-14)25-15(22)13-8-6-5-7-9-13/h5-9,14H,10-12H2,1-4H3,(H,20,23)/t14-,18-/m0/s1. The molecule has 2 atom stereocenters. The Morgan fingerprint density at radius 3 is 2.52 bits per heavy atom. The van der Waals surface area contributed by atoms with E-state index in [-0.39, 0.29) is 19.5 Å². The van der Waals surface area contributed by atoms with E-state index in [0.717, 1.165) is 0 Å². The number of hydroxylamine groups is 2. The second-order valence-electron chi connectivity index (χ2n) is 7.53. The van der Waals surface area contributed by atoms with Crippen molar-refractivity contribution in [3.05, 3.63) is 35.9 Å². The predicted molar refractivity (Wildman–Crippen MR) is 90.7 cm³/mol. The monoisotopic (exact) mass is 352 g/mol. The summed E-state index contributed by atoms with van der Waals surface area (Å²) in [5.74, 6) is -0.561. The number of piperidine rings is 1. The second-order valence-corrected chi connectivity index (χ2v) is 7.53. The molecule has 1 aliphatic heterocycles. The van der Waals surface area contributed by atoms with Crippen LogP contribution in [0.4, 0.5) is 9.18 Å². The van der Waals surface area contributed by atoms with Crippen LogP contribution in [0, 0.1) is 0 Å². The van der Waals surface area contributed by atoms with Crippen molar-refractivity contribution in [2.45, 2.75) is 51.4 Å². The van der Waals surface area contributed by atoms with E-state index in [0.29, 0.717) is 5.56 Å². The maximum atomic E-state index is 14.6. The molecule has 1 aromatic rings. The number of hydrogen-bond donors (Lipinski definition) is 1. The van der Waals surface area contributed by atoms with E-state index >= 15 is 0 Å². The van der Waals surface area contributed by atoms with Gasteiger partial charge in [0, 0.05) is 6.42 Å². The minimum absolute atomic E-state index is 0.0575. The Kier molecular flexibility index (Phi) is 5.67. The van der Waals surface area contributed by atoms with Gasteiger partial charge in [-0.1, -0.05) is 18.2 Å². The van der Waals surface area contributed by atoms with Crippen molar-refractivity contribution in [3.8, 4) is 0 Å². The molecule has 0 saturated carbocycles. The van der Waals surface area contributed by atoms with E-state index in [1.54, 1.807) is 51.1 Å². The van der Waals surface area contributed by atoms with Crippen LogP contribution in [0.25, 0.3) is 0 Å². The van der Waals surface area contributed by atoms with Gasteiger partial charge in [0.2, 0.25) is 0 Å². The van der Waals surface area contributed by atoms with Crippen LogP contribution in [0.5, 0.6) is 0 Å². The predicted octanol–water partition coefficient (Wildman–Crippen LogP) is 3.09. The summed E-state index contributed by atoms with van der Waals surface area (Å²) >= 11 is 0. The van der Waals surface area contributed by atoms with E-state index < -0.39 is 29.4 Å². The van der Waals surface area contributed by atoms with Gasteiger partial charge in [0.15, 0.2) is 0 Å². The van der Waals surface area contributed by atoms with E-state index in [2.05, 4.69) is 5.32 Å². The highest BCUT2D eigenvalue weighted by molar-refractivity contribution is 5.89. The molecule has 1 N–H and O–H groups in total. The molecule has 1 aliphatic rings. The summed E-state index contributed by atoms with van der Waals surface area (Å²) in [7, 11) is 0. The maximum Gasteiger partial charge on any atom is 0.407 e. The third-order valence-corrected chi connectivity index (χ3v) is 3.54. The number of carbonyl (C=O) groups is 2. The number of alkyl carbamates (subject to hydrolysis) is 1. The van der Waals surface area contributed by atoms with Crippen LogP contribution in [-0.4, -0.2) is 47.5 Å². The Morgan fingerprint density at radius 1 is 1.28 bits per heavy atom. The fourth-order valence-electron chi connectivity index (χ4n) is 2.71. The minimum Gasteiger partial charge on any atom is -0.444 e. The molecule has 1 aromatic carbocycles. The van der Waals surface area contributed by atoms with E-state index in [1.807, 2.05) is 0 Å². The normalized spacial score (nSPS) is 24.4. The molecule has 0 bridgehead atoms. The minimum atomic E-state index is -1.60. The SMILES string of the molecule is CC(C)(C)OC(=O)N[C@@H]1CN(OC(=O)c2ccccc2)C[C@@](C)(F)C1. The number of carbonyl (C=O) groups excluding carboxylic acids is 2. The van der Waals surface area contributed by atoms with E-state index in [4.69, 9.17) is 9.57 Å². The van der Waals surface area contributed by atoms with Crippen molar-refractivity contribution in [3.63, 3.8) is 0 Å². The Labute approximate surface area is 147 Å². The summed E-state index contributed by atoms with van der Waals surface area (Å²) in [6.45, 7) is 6.80. The Balaban J connectivity index is 1.98. The van der Waals surface area contributed by atoms with Crippen LogP contribution in [0.3, 0.4) is 0 Å². The summed E-state index contributed by atoms with van der Waals surface area (Å²) in [6.07, 6.45) is -0.504. The highest BCUT2D eigenvalue weighted by atomic mass is 19.1. The molecule has 0 aliphatic carbocycles. The summed E-state index contributed by atoms with van der Waals surface area (Å²) in [5.41, 5.74) is -1.86. The Hall–Kier alpha value is -2.15. The molecule has 7 heteroatoms. The molecular formula is C18H25FN2O4. The molecule has 25 heavy (non-hydrogen) atoms. The number of ether oxygens (including phenoxy) is 1. The number of amides is 1. The first-order valence-corrected chi connectivity index (χ1v) is 8.25. The zero-order valence-corrected chi connectivity index (χ0v) is 15.0. The third kappa shape index (κ3) is 6.34. The van der Waals surface area contributed by atoms with Crippen LogP contribution >= 0.6 is 0 Å². The van der Waals surface area contributed by atoms with Crippen molar-refractivity contribution < 1.29 is 23.6 Å². The molecule has 2 rings (SSSR count). The van der Waals surface area contributed by atoms with Crippen molar-refractivity contribution in [2.75, 3.05) is 13.1 Å². The molecule has 0 spiro atoms. The lowest BCUT2D eigenvalue weighted by molar-refractivity contribution is -0.155. The lowest BCUT2D eigenvalue weighted by Crippen LogP contribution is -2.56. The van der Waals surface area contributed by atoms with Gasteiger partial charge in [0.05, 0.1) is 24.7 Å². The van der Waals surface area contributed by atoms with Crippen LogP contribution in [0.1, 0.15) is 44.5 Å². The van der Waals surface area contributed by atoms with Crippen LogP contribution in [-0.2, 0) is 9.57 Å². The van der Waals surface area contributed by atoms with E-state index in [9.17, 15) is 14.0 Å². The molecule has 1 saturated heterocycles. The molecule has 6 nitrogen and oxygen atoms in total. The summed E-state index contributed by atoms with van der Waals surface area (Å²) in [6, 6.07) is 7.95. The number of alkyl halides is 1. The lowest BCUT2D eigenvalue weighted by Gasteiger charge is -2.38. The molecule has 0 unspecified atom stereocenters. The van der Waals surface area contributed by atoms with E-state index in [1.165, 1.54) is 12.0 Å². The van der Waals surface area contributed by atoms with Crippen molar-refractivity contribution in [1.29, 1.82) is 0 Å². The van der Waals surface area contributed by atoms with Gasteiger partial charge in [0.1, 0.15) is 11.3 Å². The number of hydrogen-bond acceptors (Lipinski definition) is 5. The van der Waals surface area contributed by atoms with Crippen molar-refractivity contribution >= 4 is 12.1 Å². The number of benzene rings is 1. The highest BCUT2D eigenvalue weighted by Gasteiger charge is 2.39. The van der Waals surface area contributed by atoms with Crippen LogP contribution < -0.4 is 5.32 Å². The smallest absolute Gasteiger partial charge is 0.407 e. The van der Waals surface area contributed by atoms with Crippen LogP contribution in [0.15, 0.2) is 30.3 Å². The maximum absolute atomic E-state index is 14.6. The molecule has 138 valence electrons. The number of nitrogens with one attached hydrogen (secondary N) is 1. The van der Waals surface area contributed by atoms with Crippen LogP contribution in [0.2, 0.25) is 0 Å². The Bertz CT molecular complexity index is 613. The summed E-state index contributed by atoms with van der Waals surface area (Å²) in [4.78, 5) is 29.3. The molecule has 0 radical (unpaired) electrons. The Morgan fingerprint density at radius 2 is 1.92 bits per heavy atom. The quantitative estimate of drug-likeness (QED) is 0.905. The first kappa shape index (κ1) is 19.2. The third-order valence-electron chi connectivity index (χ3n) is 3.54. The van der Waals surface area contributed by atoms with Crippen molar-refractivity contribution in [1.82, 2.24) is 10.4 Å².